The van der Waals surface area contributed by atoms with Gasteiger partial charge in [-0.25, -0.2) is 0 Å². The number of ether oxygens (including phenoxy) is 1. The second-order valence-corrected chi connectivity index (χ2v) is 5.09. The van der Waals surface area contributed by atoms with Crippen LogP contribution in [0, 0.1) is 0 Å². The molecule has 1 saturated carbocycles. The van der Waals surface area contributed by atoms with Crippen molar-refractivity contribution in [3.63, 3.8) is 0 Å². The van der Waals surface area contributed by atoms with Crippen LogP contribution in [-0.2, 0) is 4.74 Å². The summed E-state index contributed by atoms with van der Waals surface area (Å²) in [5.74, 6) is 0. The van der Waals surface area contributed by atoms with Crippen LogP contribution in [0.5, 0.6) is 0 Å². The summed E-state index contributed by atoms with van der Waals surface area (Å²) in [5.41, 5.74) is 0.140. The van der Waals surface area contributed by atoms with Crippen molar-refractivity contribution >= 4 is 0 Å². The Balaban J connectivity index is 2.42. The fourth-order valence-corrected chi connectivity index (χ4v) is 2.53. The Morgan fingerprint density at radius 1 is 1.20 bits per heavy atom. The molecule has 0 radical (unpaired) electrons. The molecule has 2 heteroatoms. The third kappa shape index (κ3) is 4.52. The lowest BCUT2D eigenvalue weighted by molar-refractivity contribution is -0.0989. The molecule has 1 aliphatic rings. The molecule has 1 rings (SSSR count). The van der Waals surface area contributed by atoms with Crippen LogP contribution in [0.2, 0.25) is 0 Å². The quantitative estimate of drug-likeness (QED) is 0.685. The molecule has 0 aromatic rings. The molecule has 0 spiro atoms. The van der Waals surface area contributed by atoms with Gasteiger partial charge in [-0.2, -0.15) is 0 Å². The molecule has 1 N–H and O–H groups in total. The zero-order chi connectivity index (χ0) is 11.1. The molecule has 0 aromatic carbocycles. The summed E-state index contributed by atoms with van der Waals surface area (Å²) in [4.78, 5) is 0. The van der Waals surface area contributed by atoms with Crippen LogP contribution < -0.4 is 5.32 Å². The van der Waals surface area contributed by atoms with Crippen molar-refractivity contribution in [1.82, 2.24) is 5.32 Å². The molecular weight excluding hydrogens is 186 g/mol. The molecule has 1 aliphatic carbocycles. The highest BCUT2D eigenvalue weighted by Gasteiger charge is 2.33. The Morgan fingerprint density at radius 3 is 2.40 bits per heavy atom. The molecule has 0 heterocycles. The molecule has 2 nitrogen and oxygen atoms in total. The van der Waals surface area contributed by atoms with Gasteiger partial charge < -0.3 is 10.1 Å². The van der Waals surface area contributed by atoms with Gasteiger partial charge in [0.25, 0.3) is 0 Å². The van der Waals surface area contributed by atoms with Gasteiger partial charge in [-0.05, 0) is 39.7 Å². The van der Waals surface area contributed by atoms with Gasteiger partial charge in [-0.1, -0.05) is 26.2 Å². The molecule has 0 unspecified atom stereocenters. The van der Waals surface area contributed by atoms with E-state index in [1.807, 2.05) is 0 Å². The average Bonchev–Trinajstić information content (AvgIpc) is 2.18. The maximum atomic E-state index is 6.16. The fraction of sp³-hybridized carbons (Fsp3) is 1.00. The van der Waals surface area contributed by atoms with E-state index in [0.717, 1.165) is 13.1 Å². The van der Waals surface area contributed by atoms with Crippen LogP contribution in [0.25, 0.3) is 0 Å². The first-order valence-corrected chi connectivity index (χ1v) is 6.57. The van der Waals surface area contributed by atoms with E-state index in [4.69, 9.17) is 4.74 Å². The Bertz CT molecular complexity index is 162. The molecule has 0 amide bonds. The van der Waals surface area contributed by atoms with Crippen molar-refractivity contribution < 1.29 is 4.74 Å². The lowest BCUT2D eigenvalue weighted by Gasteiger charge is -2.39. The van der Waals surface area contributed by atoms with Crippen molar-refractivity contribution in [1.29, 1.82) is 0 Å². The van der Waals surface area contributed by atoms with Crippen molar-refractivity contribution in [2.75, 3.05) is 13.1 Å². The van der Waals surface area contributed by atoms with E-state index < -0.39 is 0 Å². The first kappa shape index (κ1) is 13.0. The lowest BCUT2D eigenvalue weighted by atomic mass is 9.84. The number of hydrogen-bond acceptors (Lipinski definition) is 2. The van der Waals surface area contributed by atoms with Gasteiger partial charge in [0, 0.05) is 6.54 Å². The molecule has 0 aliphatic heterocycles. The standard InChI is InChI=1S/C13H27NO/c1-4-10-14-11-13(15-12(2)3)8-6-5-7-9-13/h12,14H,4-11H2,1-3H3. The van der Waals surface area contributed by atoms with Crippen LogP contribution >= 0.6 is 0 Å². The summed E-state index contributed by atoms with van der Waals surface area (Å²) < 4.78 is 6.16. The Labute approximate surface area is 94.8 Å². The molecule has 15 heavy (non-hydrogen) atoms. The largest absolute Gasteiger partial charge is 0.371 e. The predicted molar refractivity (Wildman–Crippen MR) is 65.2 cm³/mol. The second-order valence-electron chi connectivity index (χ2n) is 5.09. The Hall–Kier alpha value is -0.0800. The topological polar surface area (TPSA) is 21.3 Å². The van der Waals surface area contributed by atoms with Gasteiger partial charge >= 0.3 is 0 Å². The smallest absolute Gasteiger partial charge is 0.0809 e. The summed E-state index contributed by atoms with van der Waals surface area (Å²) >= 11 is 0. The van der Waals surface area contributed by atoms with Crippen LogP contribution in [0.3, 0.4) is 0 Å². The van der Waals surface area contributed by atoms with Crippen LogP contribution in [0.15, 0.2) is 0 Å². The molecule has 90 valence electrons. The number of hydrogen-bond donors (Lipinski definition) is 1. The number of nitrogens with one attached hydrogen (secondary N) is 1. The average molecular weight is 213 g/mol. The lowest BCUT2D eigenvalue weighted by Crippen LogP contribution is -2.46. The van der Waals surface area contributed by atoms with Crippen molar-refractivity contribution in [3.8, 4) is 0 Å². The van der Waals surface area contributed by atoms with E-state index in [9.17, 15) is 0 Å². The first-order chi connectivity index (χ1) is 7.18. The third-order valence-electron chi connectivity index (χ3n) is 3.12. The van der Waals surface area contributed by atoms with Gasteiger partial charge in [0.05, 0.1) is 11.7 Å². The van der Waals surface area contributed by atoms with Crippen molar-refractivity contribution in [2.24, 2.45) is 0 Å². The second kappa shape index (κ2) is 6.49. The van der Waals surface area contributed by atoms with Crippen molar-refractivity contribution in [3.05, 3.63) is 0 Å². The van der Waals surface area contributed by atoms with Gasteiger partial charge in [0.1, 0.15) is 0 Å². The minimum atomic E-state index is 0.140. The Morgan fingerprint density at radius 2 is 1.87 bits per heavy atom. The summed E-state index contributed by atoms with van der Waals surface area (Å²) in [6, 6.07) is 0. The molecule has 0 aromatic heterocycles. The van der Waals surface area contributed by atoms with E-state index in [2.05, 4.69) is 26.1 Å². The summed E-state index contributed by atoms with van der Waals surface area (Å²) in [7, 11) is 0. The maximum absolute atomic E-state index is 6.16. The zero-order valence-corrected chi connectivity index (χ0v) is 10.6. The van der Waals surface area contributed by atoms with E-state index in [-0.39, 0.29) is 5.60 Å². The summed E-state index contributed by atoms with van der Waals surface area (Å²) in [6.07, 6.45) is 8.09. The van der Waals surface area contributed by atoms with Crippen LogP contribution in [0.1, 0.15) is 59.3 Å². The fourth-order valence-electron chi connectivity index (χ4n) is 2.53. The zero-order valence-electron chi connectivity index (χ0n) is 10.6. The van der Waals surface area contributed by atoms with Gasteiger partial charge in [-0.15, -0.1) is 0 Å². The van der Waals surface area contributed by atoms with E-state index in [1.165, 1.54) is 38.5 Å². The van der Waals surface area contributed by atoms with Crippen LogP contribution in [-0.4, -0.2) is 24.8 Å². The molecule has 0 saturated heterocycles. The first-order valence-electron chi connectivity index (χ1n) is 6.57. The molecule has 0 bridgehead atoms. The van der Waals surface area contributed by atoms with E-state index in [0.29, 0.717) is 6.10 Å². The predicted octanol–water partition coefficient (Wildman–Crippen LogP) is 3.11. The monoisotopic (exact) mass is 213 g/mol. The van der Waals surface area contributed by atoms with Crippen molar-refractivity contribution in [2.45, 2.75) is 71.0 Å². The van der Waals surface area contributed by atoms with E-state index >= 15 is 0 Å². The highest BCUT2D eigenvalue weighted by molar-refractivity contribution is 4.87. The summed E-state index contributed by atoms with van der Waals surface area (Å²) in [6.45, 7) is 8.67. The highest BCUT2D eigenvalue weighted by Crippen LogP contribution is 2.32. The molecular formula is C13H27NO. The maximum Gasteiger partial charge on any atom is 0.0809 e. The Kier molecular flexibility index (Phi) is 5.62. The normalized spacial score (nSPS) is 20.8. The van der Waals surface area contributed by atoms with Gasteiger partial charge in [0.2, 0.25) is 0 Å². The molecule has 0 atom stereocenters. The van der Waals surface area contributed by atoms with E-state index in [1.54, 1.807) is 0 Å². The third-order valence-corrected chi connectivity index (χ3v) is 3.12. The minimum Gasteiger partial charge on any atom is -0.371 e. The minimum absolute atomic E-state index is 0.140. The number of rotatable bonds is 6. The van der Waals surface area contributed by atoms with Gasteiger partial charge in [0.15, 0.2) is 0 Å². The highest BCUT2D eigenvalue weighted by atomic mass is 16.5. The SMILES string of the molecule is CCCNCC1(OC(C)C)CCCCC1. The van der Waals surface area contributed by atoms with Crippen LogP contribution in [0.4, 0.5) is 0 Å². The summed E-state index contributed by atoms with van der Waals surface area (Å²) in [5, 5.41) is 3.53. The van der Waals surface area contributed by atoms with Gasteiger partial charge in [-0.3, -0.25) is 0 Å². The molecule has 1 fully saturated rings.